The van der Waals surface area contributed by atoms with Crippen LogP contribution in [0.15, 0.2) is 0 Å². The number of carbonyl (C=O) groups excluding carboxylic acids is 2. The number of nitrogens with two attached hydrogens (primary N) is 2. The van der Waals surface area contributed by atoms with Gasteiger partial charge in [-0.2, -0.15) is 0 Å². The van der Waals surface area contributed by atoms with Gasteiger partial charge in [-0.05, 0) is 0 Å². The van der Waals surface area contributed by atoms with Crippen molar-refractivity contribution in [1.29, 1.82) is 0 Å². The van der Waals surface area contributed by atoms with Crippen molar-refractivity contribution < 1.29 is 78.9 Å². The van der Waals surface area contributed by atoms with Crippen LogP contribution in [-0.4, -0.2) is 12.2 Å². The van der Waals surface area contributed by atoms with Crippen LogP contribution in [0.1, 0.15) is 0 Å². The zero-order valence-corrected chi connectivity index (χ0v) is 9.79. The minimum Gasteiger partial charge on any atom is -0.530 e. The van der Waals surface area contributed by atoms with Crippen molar-refractivity contribution in [3.63, 3.8) is 0 Å². The van der Waals surface area contributed by atoms with Gasteiger partial charge in [0.2, 0.25) is 0 Å². The van der Waals surface area contributed by atoms with Crippen molar-refractivity contribution in [1.82, 2.24) is 0 Å². The van der Waals surface area contributed by atoms with E-state index < -0.39 is 12.2 Å². The second kappa shape index (κ2) is 16.3. The van der Waals surface area contributed by atoms with E-state index in [2.05, 4.69) is 11.5 Å². The van der Waals surface area contributed by atoms with E-state index in [9.17, 15) is 0 Å². The Kier molecular flexibility index (Phi) is 36.5. The summed E-state index contributed by atoms with van der Waals surface area (Å²) in [5, 5.41) is 17.3. The molecule has 0 unspecified atom stereocenters. The molecule has 0 aromatic heterocycles. The molecule has 0 aliphatic carbocycles. The van der Waals surface area contributed by atoms with Crippen molar-refractivity contribution in [2.45, 2.75) is 0 Å². The van der Waals surface area contributed by atoms with Gasteiger partial charge in [-0.3, -0.25) is 0 Å². The van der Waals surface area contributed by atoms with E-state index in [0.29, 0.717) is 0 Å². The van der Waals surface area contributed by atoms with Crippen LogP contribution in [0.5, 0.6) is 0 Å². The van der Waals surface area contributed by atoms with E-state index >= 15 is 0 Å². The maximum atomic E-state index is 8.67. The molecule has 0 bridgehead atoms. The smallest absolute Gasteiger partial charge is 0.530 e. The first-order valence-electron chi connectivity index (χ1n) is 1.39. The molecule has 2 amide bonds. The number of amides is 2. The van der Waals surface area contributed by atoms with E-state index in [4.69, 9.17) is 19.8 Å². The minimum atomic E-state index is -1.58. The molecule has 0 aromatic rings. The monoisotopic (exact) mass is 166 g/mol. The van der Waals surface area contributed by atoms with E-state index in [1.54, 1.807) is 0 Å². The van der Waals surface area contributed by atoms with Crippen molar-refractivity contribution in [3.8, 4) is 0 Å². The Morgan fingerprint density at radius 2 is 0.900 bits per heavy atom. The van der Waals surface area contributed by atoms with Gasteiger partial charge in [-0.25, -0.2) is 0 Å². The Labute approximate surface area is 102 Å². The molecule has 6 nitrogen and oxygen atoms in total. The second-order valence-corrected chi connectivity index (χ2v) is 0.638. The molecule has 0 aliphatic heterocycles. The molecule has 0 atom stereocenters. The molecule has 0 fully saturated rings. The van der Waals surface area contributed by atoms with Gasteiger partial charge in [0.15, 0.2) is 0 Å². The van der Waals surface area contributed by atoms with E-state index in [0.717, 1.165) is 0 Å². The molecule has 0 spiro atoms. The predicted molar refractivity (Wildman–Crippen MR) is 19.2 cm³/mol. The summed E-state index contributed by atoms with van der Waals surface area (Å²) in [4.78, 5) is 17.3. The zero-order chi connectivity index (χ0) is 7.15. The summed E-state index contributed by atoms with van der Waals surface area (Å²) in [6.45, 7) is 0. The number of carboxylic acid groups (broad SMARTS) is 2. The summed E-state index contributed by atoms with van der Waals surface area (Å²) >= 11 is 0. The summed E-state index contributed by atoms with van der Waals surface area (Å²) in [5.41, 5.74) is 7.83. The molecular weight excluding hydrogens is 162 g/mol. The van der Waals surface area contributed by atoms with Crippen molar-refractivity contribution in [3.05, 3.63) is 0 Å². The first-order valence-corrected chi connectivity index (χ1v) is 1.39. The Morgan fingerprint density at radius 1 is 0.900 bits per heavy atom. The fraction of sp³-hybridized carbons (Fsp3) is 0. The quantitative estimate of drug-likeness (QED) is 0.345. The summed E-state index contributed by atoms with van der Waals surface area (Å²) in [6, 6.07) is 0. The van der Waals surface area contributed by atoms with E-state index in [1.807, 2.05) is 0 Å². The van der Waals surface area contributed by atoms with Crippen LogP contribution in [0.25, 0.3) is 0 Å². The maximum absolute atomic E-state index is 8.67. The van der Waals surface area contributed by atoms with Crippen LogP contribution in [0.4, 0.5) is 9.59 Å². The van der Waals surface area contributed by atoms with Gasteiger partial charge in [-0.15, -0.1) is 0 Å². The number of primary amides is 2. The molecule has 0 saturated heterocycles. The first kappa shape index (κ1) is 22.4. The largest absolute Gasteiger partial charge is 1.00 e. The third-order valence-corrected chi connectivity index (χ3v) is 0. The van der Waals surface area contributed by atoms with Gasteiger partial charge in [0.25, 0.3) is 0 Å². The molecule has 48 valence electrons. The number of carbonyl (C=O) groups is 2. The fourth-order valence-electron chi connectivity index (χ4n) is 0. The molecule has 8 heteroatoms. The first-order chi connectivity index (χ1) is 3.46. The summed E-state index contributed by atoms with van der Waals surface area (Å²) in [6.07, 6.45) is -3.17. The van der Waals surface area contributed by atoms with Crippen LogP contribution >= 0.6 is 0 Å². The third kappa shape index (κ3) is 1660. The molecule has 0 saturated carbocycles. The van der Waals surface area contributed by atoms with Gasteiger partial charge in [-0.1, -0.05) is 0 Å². The van der Waals surface area contributed by atoms with Crippen LogP contribution in [-0.2, 0) is 0 Å². The van der Waals surface area contributed by atoms with E-state index in [-0.39, 0.29) is 59.1 Å². The molecule has 10 heavy (non-hydrogen) atoms. The molecular formula is C2H4N2Na2O4. The molecule has 4 N–H and O–H groups in total. The van der Waals surface area contributed by atoms with Crippen LogP contribution in [0, 0.1) is 0 Å². The predicted octanol–water partition coefficient (Wildman–Crippen LogP) is -9.42. The van der Waals surface area contributed by atoms with Crippen molar-refractivity contribution in [2.24, 2.45) is 11.5 Å². The molecule has 0 rings (SSSR count). The van der Waals surface area contributed by atoms with Gasteiger partial charge in [0, 0.05) is 0 Å². The standard InChI is InChI=1S/2CH3NO2.2Na/c2*2-1(3)4;;/h2*2H2,(H,3,4);;/q;;2*+1/p-2. The van der Waals surface area contributed by atoms with E-state index in [1.165, 1.54) is 0 Å². The molecule has 0 radical (unpaired) electrons. The number of hydrogen-bond donors (Lipinski definition) is 2. The van der Waals surface area contributed by atoms with Crippen LogP contribution < -0.4 is 80.8 Å². The van der Waals surface area contributed by atoms with Crippen LogP contribution in [0.3, 0.4) is 0 Å². The Bertz CT molecular complexity index is 77.3. The average molecular weight is 166 g/mol. The fourth-order valence-corrected chi connectivity index (χ4v) is 0. The van der Waals surface area contributed by atoms with Crippen molar-refractivity contribution in [2.75, 3.05) is 0 Å². The Balaban J connectivity index is -0.0000000300. The normalized spacial score (nSPS) is 4.80. The topological polar surface area (TPSA) is 132 Å². The second-order valence-electron chi connectivity index (χ2n) is 0.638. The zero-order valence-electron chi connectivity index (χ0n) is 5.79. The molecule has 0 aliphatic rings. The third-order valence-electron chi connectivity index (χ3n) is 0. The average Bonchev–Trinajstić information content (AvgIpc) is 1.25. The summed E-state index contributed by atoms with van der Waals surface area (Å²) in [7, 11) is 0. The molecule has 0 heterocycles. The summed E-state index contributed by atoms with van der Waals surface area (Å²) in [5.74, 6) is 0. The van der Waals surface area contributed by atoms with Gasteiger partial charge in [0.05, 0.1) is 0 Å². The maximum Gasteiger partial charge on any atom is 1.00 e. The van der Waals surface area contributed by atoms with Crippen LogP contribution in [0.2, 0.25) is 0 Å². The Hall–Kier alpha value is 0.540. The van der Waals surface area contributed by atoms with Crippen molar-refractivity contribution >= 4 is 12.2 Å². The SMILES string of the molecule is NC(=O)[O-].NC(=O)[O-].[Na+].[Na+]. The Morgan fingerprint density at radius 3 is 0.900 bits per heavy atom. The number of hydrogen-bond acceptors (Lipinski definition) is 4. The molecule has 0 aromatic carbocycles. The summed E-state index contributed by atoms with van der Waals surface area (Å²) < 4.78 is 0. The number of rotatable bonds is 0. The van der Waals surface area contributed by atoms with Gasteiger partial charge < -0.3 is 31.3 Å². The van der Waals surface area contributed by atoms with Gasteiger partial charge in [0.1, 0.15) is 12.2 Å². The minimum absolute atomic E-state index is 0. The van der Waals surface area contributed by atoms with Gasteiger partial charge >= 0.3 is 59.1 Å².